The van der Waals surface area contributed by atoms with Crippen molar-refractivity contribution >= 4 is 42.1 Å². The van der Waals surface area contributed by atoms with Crippen LogP contribution in [0.25, 0.3) is 0 Å². The number of carbonyl (C=O) groups excluding carboxylic acids is 1. The third-order valence-electron chi connectivity index (χ3n) is 5.00. The summed E-state index contributed by atoms with van der Waals surface area (Å²) in [6.45, 7) is 4.45. The zero-order valence-corrected chi connectivity index (χ0v) is 16.0. The van der Waals surface area contributed by atoms with E-state index in [9.17, 15) is 4.79 Å². The van der Waals surface area contributed by atoms with Crippen LogP contribution in [0.4, 0.5) is 0 Å². The molecule has 7 heteroatoms. The first kappa shape index (κ1) is 20.7. The van der Waals surface area contributed by atoms with Crippen molar-refractivity contribution in [3.05, 3.63) is 16.1 Å². The zero-order chi connectivity index (χ0) is 14.8. The average Bonchev–Trinajstić information content (AvgIpc) is 3.15. The molecule has 0 radical (unpaired) electrons. The van der Waals surface area contributed by atoms with Crippen LogP contribution in [-0.4, -0.2) is 35.4 Å². The topological polar surface area (TPSA) is 59.2 Å². The van der Waals surface area contributed by atoms with Crippen molar-refractivity contribution < 1.29 is 4.79 Å². The number of amides is 1. The lowest BCUT2D eigenvalue weighted by Gasteiger charge is -2.34. The molecule has 0 bridgehead atoms. The fraction of sp³-hybridized carbons (Fsp3) is 0.750. The third kappa shape index (κ3) is 4.59. The molecule has 1 aliphatic carbocycles. The van der Waals surface area contributed by atoms with Crippen LogP contribution in [0.5, 0.6) is 0 Å². The summed E-state index contributed by atoms with van der Waals surface area (Å²) in [6, 6.07) is 0. The number of halogens is 2. The third-order valence-corrected chi connectivity index (χ3v) is 6.12. The number of piperidine rings is 1. The van der Waals surface area contributed by atoms with Crippen molar-refractivity contribution in [3.8, 4) is 0 Å². The van der Waals surface area contributed by atoms with Crippen molar-refractivity contribution in [1.29, 1.82) is 0 Å². The van der Waals surface area contributed by atoms with Gasteiger partial charge in [0.25, 0.3) is 0 Å². The molecule has 2 aliphatic rings. The number of thiazole rings is 1. The fourth-order valence-corrected chi connectivity index (χ4v) is 4.74. The van der Waals surface area contributed by atoms with Crippen LogP contribution in [0.2, 0.25) is 0 Å². The lowest BCUT2D eigenvalue weighted by atomic mass is 9.92. The molecular weight excluding hydrogens is 353 g/mol. The summed E-state index contributed by atoms with van der Waals surface area (Å²) in [5.74, 6) is 1.35. The molecule has 2 N–H and O–H groups in total. The molecule has 1 amide bonds. The van der Waals surface area contributed by atoms with E-state index in [2.05, 4.69) is 15.3 Å². The molecule has 1 aromatic rings. The first-order chi connectivity index (χ1) is 10.2. The van der Waals surface area contributed by atoms with E-state index in [1.165, 1.54) is 5.01 Å². The number of aromatic nitrogens is 1. The van der Waals surface area contributed by atoms with Gasteiger partial charge in [0, 0.05) is 36.0 Å². The van der Waals surface area contributed by atoms with Crippen LogP contribution in [0.3, 0.4) is 0 Å². The van der Waals surface area contributed by atoms with Gasteiger partial charge < -0.3 is 10.6 Å². The Morgan fingerprint density at radius 3 is 2.78 bits per heavy atom. The first-order valence-corrected chi connectivity index (χ1v) is 8.98. The molecule has 2 heterocycles. The molecule has 1 saturated heterocycles. The molecule has 0 spiro atoms. The van der Waals surface area contributed by atoms with Gasteiger partial charge in [0.15, 0.2) is 0 Å². The normalized spacial score (nSPS) is 27.2. The summed E-state index contributed by atoms with van der Waals surface area (Å²) in [6.07, 6.45) is 5.55. The number of hydrogen-bond acceptors (Lipinski definition) is 4. The Kier molecular flexibility index (Phi) is 8.28. The quantitative estimate of drug-likeness (QED) is 0.875. The van der Waals surface area contributed by atoms with Crippen molar-refractivity contribution in [2.75, 3.05) is 19.6 Å². The largest absolute Gasteiger partial charge is 0.342 e. The Morgan fingerprint density at radius 1 is 1.35 bits per heavy atom. The summed E-state index contributed by atoms with van der Waals surface area (Å²) >= 11 is 1.74. The maximum atomic E-state index is 12.8. The summed E-state index contributed by atoms with van der Waals surface area (Å²) < 4.78 is 0. The molecule has 3 atom stereocenters. The Balaban J connectivity index is 0.00000132. The van der Waals surface area contributed by atoms with Crippen molar-refractivity contribution in [1.82, 2.24) is 9.88 Å². The minimum atomic E-state index is 0. The second-order valence-corrected chi connectivity index (χ2v) is 7.37. The SMILES string of the molecule is Cc1csc(C2CCCN(C(=O)[C@@H]3CCC[C@@H]3CN)C2)n1.Cl.Cl. The number of nitrogens with zero attached hydrogens (tertiary/aromatic N) is 2. The lowest BCUT2D eigenvalue weighted by Crippen LogP contribution is -2.44. The van der Waals surface area contributed by atoms with E-state index in [4.69, 9.17) is 5.73 Å². The summed E-state index contributed by atoms with van der Waals surface area (Å²) in [4.78, 5) is 19.5. The molecule has 1 aliphatic heterocycles. The number of likely N-dealkylation sites (tertiary alicyclic amines) is 1. The summed E-state index contributed by atoms with van der Waals surface area (Å²) in [7, 11) is 0. The smallest absolute Gasteiger partial charge is 0.226 e. The lowest BCUT2D eigenvalue weighted by molar-refractivity contribution is -0.137. The monoisotopic (exact) mass is 379 g/mol. The standard InChI is InChI=1S/C16H25N3OS.2ClH/c1-11-10-21-15(18-11)13-5-3-7-19(9-13)16(20)14-6-2-4-12(14)8-17;;/h10,12-14H,2-9,17H2,1H3;2*1H/t12-,13?,14-;;/m1../s1. The highest BCUT2D eigenvalue weighted by atomic mass is 35.5. The number of aryl methyl sites for hydroxylation is 1. The molecule has 132 valence electrons. The highest BCUT2D eigenvalue weighted by molar-refractivity contribution is 7.09. The zero-order valence-electron chi connectivity index (χ0n) is 13.6. The predicted molar refractivity (Wildman–Crippen MR) is 99.8 cm³/mol. The van der Waals surface area contributed by atoms with E-state index in [0.29, 0.717) is 24.3 Å². The molecular formula is C16H27Cl2N3OS. The molecule has 1 unspecified atom stereocenters. The molecule has 0 aromatic carbocycles. The van der Waals surface area contributed by atoms with Crippen LogP contribution in [-0.2, 0) is 4.79 Å². The summed E-state index contributed by atoms with van der Waals surface area (Å²) in [5, 5.41) is 3.31. The molecule has 23 heavy (non-hydrogen) atoms. The molecule has 1 aromatic heterocycles. The molecule has 2 fully saturated rings. The first-order valence-electron chi connectivity index (χ1n) is 8.10. The molecule has 3 rings (SSSR count). The summed E-state index contributed by atoms with van der Waals surface area (Å²) in [5.41, 5.74) is 6.93. The number of carbonyl (C=O) groups is 1. The Hall–Kier alpha value is -0.360. The van der Waals surface area contributed by atoms with E-state index in [1.807, 2.05) is 6.92 Å². The van der Waals surface area contributed by atoms with Crippen LogP contribution in [0, 0.1) is 18.8 Å². The van der Waals surface area contributed by atoms with Crippen LogP contribution in [0.15, 0.2) is 5.38 Å². The van der Waals surface area contributed by atoms with Gasteiger partial charge in [-0.3, -0.25) is 4.79 Å². The van der Waals surface area contributed by atoms with Gasteiger partial charge in [-0.25, -0.2) is 4.98 Å². The number of nitrogens with two attached hydrogens (primary N) is 1. The number of rotatable bonds is 3. The second kappa shape index (κ2) is 9.21. The predicted octanol–water partition coefficient (Wildman–Crippen LogP) is 3.38. The van der Waals surface area contributed by atoms with Crippen LogP contribution < -0.4 is 5.73 Å². The second-order valence-electron chi connectivity index (χ2n) is 6.48. The van der Waals surface area contributed by atoms with E-state index in [1.54, 1.807) is 11.3 Å². The Labute approximate surface area is 155 Å². The van der Waals surface area contributed by atoms with Gasteiger partial charge in [0.1, 0.15) is 0 Å². The van der Waals surface area contributed by atoms with E-state index in [-0.39, 0.29) is 30.7 Å². The van der Waals surface area contributed by atoms with E-state index >= 15 is 0 Å². The Morgan fingerprint density at radius 2 is 2.13 bits per heavy atom. The van der Waals surface area contributed by atoms with Crippen LogP contribution >= 0.6 is 36.2 Å². The van der Waals surface area contributed by atoms with Crippen LogP contribution in [0.1, 0.15) is 48.7 Å². The van der Waals surface area contributed by atoms with Gasteiger partial charge in [-0.05, 0) is 45.1 Å². The van der Waals surface area contributed by atoms with Gasteiger partial charge in [-0.2, -0.15) is 0 Å². The van der Waals surface area contributed by atoms with Gasteiger partial charge >= 0.3 is 0 Å². The molecule has 1 saturated carbocycles. The van der Waals surface area contributed by atoms with Gasteiger partial charge in [0.05, 0.1) is 5.01 Å². The van der Waals surface area contributed by atoms with E-state index in [0.717, 1.165) is 50.9 Å². The van der Waals surface area contributed by atoms with Gasteiger partial charge in [-0.15, -0.1) is 36.2 Å². The number of hydrogen-bond donors (Lipinski definition) is 1. The minimum Gasteiger partial charge on any atom is -0.342 e. The van der Waals surface area contributed by atoms with E-state index < -0.39 is 0 Å². The van der Waals surface area contributed by atoms with Gasteiger partial charge in [-0.1, -0.05) is 6.42 Å². The van der Waals surface area contributed by atoms with Crippen molar-refractivity contribution in [2.24, 2.45) is 17.6 Å². The van der Waals surface area contributed by atoms with Crippen molar-refractivity contribution in [3.63, 3.8) is 0 Å². The van der Waals surface area contributed by atoms with Gasteiger partial charge in [0.2, 0.25) is 5.91 Å². The minimum absolute atomic E-state index is 0. The maximum Gasteiger partial charge on any atom is 0.226 e. The Bertz CT molecular complexity index is 511. The van der Waals surface area contributed by atoms with Crippen molar-refractivity contribution in [2.45, 2.75) is 44.9 Å². The highest BCUT2D eigenvalue weighted by Crippen LogP contribution is 2.35. The maximum absolute atomic E-state index is 12.8. The average molecular weight is 380 g/mol. The molecule has 4 nitrogen and oxygen atoms in total. The fourth-order valence-electron chi connectivity index (χ4n) is 3.82. The highest BCUT2D eigenvalue weighted by Gasteiger charge is 2.36.